The third kappa shape index (κ3) is 17.2. The van der Waals surface area contributed by atoms with Crippen LogP contribution in [-0.2, 0) is 52.8 Å². The standard InChI is InChI=1S/C50H67N9O10S2/c1-29(61)40(26-60)56-49(68)42-28-71-70-27-41(57-46(65)36(52)22-32-15-7-4-8-16-32)43(63)24-33(21-31-13-5-3-6-14-31)45(64)55-39(23-34-25-53-37-18-10-9-17-35(34)37)48(67)54-38(19-11-12-20-51)47(66)59-44(30(2)62)50(69)58-42/h3-10,13-18,25,29-30,33,36,38-42,44,53,60-62H,11-12,19-24,26-28,51-52H2,1-2H3,(H,54,67)(H,55,64)(H,56,68)(H,57,65)(H,58,69)(H,59,66)/t29?,30?,33-,36-,38+,39-,40-,41+,42?,44+/m1/s1. The fourth-order valence-corrected chi connectivity index (χ4v) is 10.3. The number of fused-ring (bicyclic) bond motifs is 1. The molecule has 0 aliphatic carbocycles. The molecule has 0 bridgehead atoms. The molecule has 0 saturated carbocycles. The van der Waals surface area contributed by atoms with Gasteiger partial charge in [0.25, 0.3) is 0 Å². The molecule has 0 radical (unpaired) electrons. The summed E-state index contributed by atoms with van der Waals surface area (Å²) in [6, 6.07) is 16.4. The van der Waals surface area contributed by atoms with Crippen LogP contribution in [0.2, 0.25) is 0 Å². The molecule has 1 aliphatic heterocycles. The molecule has 1 aliphatic rings. The number of amides is 6. The van der Waals surface area contributed by atoms with Crippen LogP contribution in [0.25, 0.3) is 10.9 Å². The fourth-order valence-electron chi connectivity index (χ4n) is 7.99. The molecular formula is C50H67N9O10S2. The summed E-state index contributed by atoms with van der Waals surface area (Å²) in [5, 5.41) is 47.9. The van der Waals surface area contributed by atoms with Gasteiger partial charge in [0.05, 0.1) is 36.9 Å². The molecule has 14 N–H and O–H groups in total. The number of aliphatic hydroxyl groups excluding tert-OH is 3. The number of unbranched alkanes of at least 4 members (excludes halogenated alkanes) is 1. The van der Waals surface area contributed by atoms with E-state index in [9.17, 15) is 48.9 Å². The van der Waals surface area contributed by atoms with E-state index in [2.05, 4.69) is 36.9 Å². The Labute approximate surface area is 421 Å². The van der Waals surface area contributed by atoms with Gasteiger partial charge in [-0.15, -0.1) is 0 Å². The molecule has 0 spiro atoms. The Morgan fingerprint density at radius 1 is 0.761 bits per heavy atom. The van der Waals surface area contributed by atoms with Gasteiger partial charge in [-0.05, 0) is 75.3 Å². The first-order valence-electron chi connectivity index (χ1n) is 23.7. The number of aromatic nitrogens is 1. The van der Waals surface area contributed by atoms with Crippen molar-refractivity contribution in [1.82, 2.24) is 36.9 Å². The van der Waals surface area contributed by atoms with Crippen LogP contribution in [0.15, 0.2) is 91.1 Å². The second-order valence-electron chi connectivity index (χ2n) is 17.8. The van der Waals surface area contributed by atoms with Crippen molar-refractivity contribution in [1.29, 1.82) is 0 Å². The zero-order chi connectivity index (χ0) is 51.5. The first-order chi connectivity index (χ1) is 34.1. The van der Waals surface area contributed by atoms with E-state index in [1.165, 1.54) is 13.8 Å². The molecule has 21 heteroatoms. The largest absolute Gasteiger partial charge is 0.394 e. The van der Waals surface area contributed by atoms with Crippen LogP contribution < -0.4 is 43.4 Å². The van der Waals surface area contributed by atoms with E-state index in [4.69, 9.17) is 11.5 Å². The SMILES string of the molecule is CC(O)[C@@H]1NC(=O)[C@H](CCCCN)NC(=O)[C@@H](Cc2c[nH]c3ccccc23)NC(=O)[C@H](Cc2ccccc2)CC(=O)[C@@H](NC(=O)[C@H](N)Cc2ccccc2)CSSCC(C(=O)N[C@H](CO)C(C)O)NC1=O. The number of nitrogens with one attached hydrogen (secondary N) is 7. The van der Waals surface area contributed by atoms with Crippen molar-refractivity contribution in [3.05, 3.63) is 108 Å². The second-order valence-corrected chi connectivity index (χ2v) is 20.3. The van der Waals surface area contributed by atoms with E-state index < -0.39 is 108 Å². The number of aliphatic hydroxyl groups is 3. The van der Waals surface area contributed by atoms with E-state index in [0.717, 1.165) is 43.6 Å². The Bertz CT molecular complexity index is 2390. The Balaban J connectivity index is 1.56. The summed E-state index contributed by atoms with van der Waals surface area (Å²) in [5.41, 5.74) is 15.1. The minimum absolute atomic E-state index is 0.0463. The molecule has 1 fully saturated rings. The number of benzene rings is 3. The summed E-state index contributed by atoms with van der Waals surface area (Å²) in [5.74, 6) is -6.54. The molecule has 19 nitrogen and oxygen atoms in total. The van der Waals surface area contributed by atoms with Crippen LogP contribution in [0.1, 0.15) is 56.2 Å². The lowest BCUT2D eigenvalue weighted by molar-refractivity contribution is -0.137. The fraction of sp³-hybridized carbons (Fsp3) is 0.460. The Kier molecular flexibility index (Phi) is 22.4. The topological polar surface area (TPSA) is 320 Å². The van der Waals surface area contributed by atoms with Gasteiger partial charge in [0, 0.05) is 47.4 Å². The van der Waals surface area contributed by atoms with Crippen LogP contribution >= 0.6 is 21.6 Å². The molecule has 3 unspecified atom stereocenters. The van der Waals surface area contributed by atoms with Crippen molar-refractivity contribution in [2.75, 3.05) is 24.7 Å². The predicted molar refractivity (Wildman–Crippen MR) is 273 cm³/mol. The van der Waals surface area contributed by atoms with Gasteiger partial charge >= 0.3 is 0 Å². The number of ketones is 1. The number of H-pyrrole nitrogens is 1. The van der Waals surface area contributed by atoms with Gasteiger partial charge in [0.1, 0.15) is 24.2 Å². The first-order valence-corrected chi connectivity index (χ1v) is 26.2. The third-order valence-corrected chi connectivity index (χ3v) is 14.6. The zero-order valence-electron chi connectivity index (χ0n) is 39.9. The lowest BCUT2D eigenvalue weighted by Crippen LogP contribution is -2.62. The predicted octanol–water partition coefficient (Wildman–Crippen LogP) is 0.285. The quantitative estimate of drug-likeness (QED) is 0.0500. The highest BCUT2D eigenvalue weighted by atomic mass is 33.1. The number of Topliss-reactive ketones (excluding diaryl/α,β-unsaturated/α-hetero) is 1. The molecule has 4 aromatic rings. The lowest BCUT2D eigenvalue weighted by atomic mass is 9.90. The van der Waals surface area contributed by atoms with Crippen molar-refractivity contribution in [2.24, 2.45) is 17.4 Å². The highest BCUT2D eigenvalue weighted by molar-refractivity contribution is 8.76. The third-order valence-electron chi connectivity index (χ3n) is 12.2. The summed E-state index contributed by atoms with van der Waals surface area (Å²) in [6.45, 7) is 2.25. The minimum Gasteiger partial charge on any atom is -0.394 e. The Hall–Kier alpha value is -5.81. The smallest absolute Gasteiger partial charge is 0.245 e. The van der Waals surface area contributed by atoms with Gasteiger partial charge in [-0.3, -0.25) is 33.6 Å². The number of rotatable bonds is 17. The molecular weight excluding hydrogens is 951 g/mol. The number of para-hydroxylation sites is 1. The molecule has 71 heavy (non-hydrogen) atoms. The summed E-state index contributed by atoms with van der Waals surface area (Å²) in [7, 11) is 2.13. The summed E-state index contributed by atoms with van der Waals surface area (Å²) < 4.78 is 0. The number of hydrogen-bond acceptors (Lipinski definition) is 14. The number of carbonyl (C=O) groups excluding carboxylic acids is 7. The van der Waals surface area contributed by atoms with Crippen LogP contribution in [0.3, 0.4) is 0 Å². The maximum atomic E-state index is 14.8. The Morgan fingerprint density at radius 2 is 1.39 bits per heavy atom. The molecule has 6 amide bonds. The average molecular weight is 1020 g/mol. The first kappa shape index (κ1) is 56.1. The van der Waals surface area contributed by atoms with Crippen molar-refractivity contribution in [3.63, 3.8) is 0 Å². The molecule has 1 saturated heterocycles. The van der Waals surface area contributed by atoms with Gasteiger partial charge in [-0.1, -0.05) is 100 Å². The van der Waals surface area contributed by atoms with E-state index >= 15 is 0 Å². The molecule has 2 heterocycles. The van der Waals surface area contributed by atoms with Gasteiger partial charge in [0.2, 0.25) is 35.4 Å². The monoisotopic (exact) mass is 1020 g/mol. The normalized spacial score (nSPS) is 22.9. The van der Waals surface area contributed by atoms with E-state index in [1.807, 2.05) is 60.7 Å². The number of nitrogens with two attached hydrogens (primary N) is 2. The molecule has 1 aromatic heterocycles. The number of carbonyl (C=O) groups is 7. The van der Waals surface area contributed by atoms with Crippen LogP contribution in [0.5, 0.6) is 0 Å². The summed E-state index contributed by atoms with van der Waals surface area (Å²) in [4.78, 5) is 103. The van der Waals surface area contributed by atoms with Gasteiger partial charge in [-0.2, -0.15) is 0 Å². The lowest BCUT2D eigenvalue weighted by Gasteiger charge is -2.29. The van der Waals surface area contributed by atoms with Crippen LogP contribution in [0.4, 0.5) is 0 Å². The van der Waals surface area contributed by atoms with E-state index in [1.54, 1.807) is 30.5 Å². The second kappa shape index (κ2) is 28.3. The van der Waals surface area contributed by atoms with Crippen molar-refractivity contribution in [2.45, 2.75) is 113 Å². The van der Waals surface area contributed by atoms with Crippen molar-refractivity contribution >= 4 is 73.7 Å². The number of aromatic amines is 1. The average Bonchev–Trinajstić information content (AvgIpc) is 3.76. The van der Waals surface area contributed by atoms with E-state index in [-0.39, 0.29) is 50.2 Å². The highest BCUT2D eigenvalue weighted by Gasteiger charge is 2.36. The van der Waals surface area contributed by atoms with Crippen molar-refractivity contribution in [3.8, 4) is 0 Å². The molecule has 10 atom stereocenters. The van der Waals surface area contributed by atoms with Crippen LogP contribution in [-0.4, -0.2) is 141 Å². The van der Waals surface area contributed by atoms with Crippen LogP contribution in [0, 0.1) is 5.92 Å². The van der Waals surface area contributed by atoms with Crippen molar-refractivity contribution < 1.29 is 48.9 Å². The van der Waals surface area contributed by atoms with E-state index in [0.29, 0.717) is 18.4 Å². The maximum Gasteiger partial charge on any atom is 0.245 e. The zero-order valence-corrected chi connectivity index (χ0v) is 41.5. The summed E-state index contributed by atoms with van der Waals surface area (Å²) in [6.07, 6.45) is -0.326. The Morgan fingerprint density at radius 3 is 2.06 bits per heavy atom. The van der Waals surface area contributed by atoms with Gasteiger partial charge in [0.15, 0.2) is 5.78 Å². The van der Waals surface area contributed by atoms with Gasteiger partial charge < -0.3 is 63.7 Å². The van der Waals surface area contributed by atoms with Gasteiger partial charge in [-0.25, -0.2) is 0 Å². The minimum atomic E-state index is -1.65. The molecule has 5 rings (SSSR count). The highest BCUT2D eigenvalue weighted by Crippen LogP contribution is 2.26. The number of hydrogen-bond donors (Lipinski definition) is 12. The molecule has 384 valence electrons. The maximum absolute atomic E-state index is 14.8. The molecule has 3 aromatic carbocycles. The summed E-state index contributed by atoms with van der Waals surface area (Å²) >= 11 is 0.